The summed E-state index contributed by atoms with van der Waals surface area (Å²) in [5.74, 6) is 0.248. The van der Waals surface area contributed by atoms with Gasteiger partial charge in [-0.3, -0.25) is 9.78 Å². The second-order valence-electron chi connectivity index (χ2n) is 7.19. The van der Waals surface area contributed by atoms with Crippen LogP contribution in [0, 0.1) is 0 Å². The van der Waals surface area contributed by atoms with Crippen LogP contribution in [0.25, 0.3) is 0 Å². The van der Waals surface area contributed by atoms with E-state index in [1.54, 1.807) is 30.4 Å². The smallest absolute Gasteiger partial charge is 0.272 e. The first-order valence-electron chi connectivity index (χ1n) is 9.64. The van der Waals surface area contributed by atoms with E-state index in [1.807, 2.05) is 12.1 Å². The van der Waals surface area contributed by atoms with Crippen LogP contribution in [0.4, 0.5) is 5.82 Å². The monoisotopic (exact) mass is 383 g/mol. The zero-order chi connectivity index (χ0) is 19.4. The van der Waals surface area contributed by atoms with Crippen LogP contribution >= 0.6 is 0 Å². The average molecular weight is 383 g/mol. The van der Waals surface area contributed by atoms with Crippen molar-refractivity contribution in [3.63, 3.8) is 0 Å². The molecule has 4 rings (SSSR count). The minimum Gasteiger partial charge on any atom is -0.356 e. The van der Waals surface area contributed by atoms with Crippen LogP contribution < -0.4 is 4.90 Å². The number of piperidine rings is 1. The van der Waals surface area contributed by atoms with Crippen molar-refractivity contribution in [1.82, 2.24) is 19.9 Å². The fourth-order valence-electron chi connectivity index (χ4n) is 3.64. The molecule has 2 fully saturated rings. The summed E-state index contributed by atoms with van der Waals surface area (Å²) >= 11 is 0. The summed E-state index contributed by atoms with van der Waals surface area (Å²) in [6.07, 6.45) is 7.36. The number of anilines is 1. The highest BCUT2D eigenvalue weighted by Crippen LogP contribution is 2.32. The number of hydrogen-bond acceptors (Lipinski definition) is 7. The van der Waals surface area contributed by atoms with Gasteiger partial charge in [-0.2, -0.15) is 0 Å². The van der Waals surface area contributed by atoms with Crippen molar-refractivity contribution in [1.29, 1.82) is 0 Å². The molecule has 0 radical (unpaired) electrons. The lowest BCUT2D eigenvalue weighted by molar-refractivity contribution is -0.169. The van der Waals surface area contributed by atoms with E-state index in [2.05, 4.69) is 19.9 Å². The zero-order valence-electron chi connectivity index (χ0n) is 16.1. The number of likely N-dealkylation sites (N-methyl/N-ethyl adjacent to an activating group) is 1. The van der Waals surface area contributed by atoms with Gasteiger partial charge in [0, 0.05) is 58.0 Å². The molecule has 0 atom stereocenters. The third kappa shape index (κ3) is 4.13. The SMILES string of the molecule is CN(CCc1ccncc1)C(=O)c1cc(N2CCC3(CC2)OCCO3)ncn1. The Morgan fingerprint density at radius 1 is 1.18 bits per heavy atom. The van der Waals surface area contributed by atoms with Crippen molar-refractivity contribution in [3.8, 4) is 0 Å². The summed E-state index contributed by atoms with van der Waals surface area (Å²) in [6.45, 7) is 3.50. The Bertz CT molecular complexity index is 800. The molecule has 2 aliphatic rings. The van der Waals surface area contributed by atoms with Gasteiger partial charge in [-0.15, -0.1) is 0 Å². The fourth-order valence-corrected chi connectivity index (χ4v) is 3.64. The number of carbonyl (C=O) groups excluding carboxylic acids is 1. The van der Waals surface area contributed by atoms with Crippen LogP contribution in [0.15, 0.2) is 36.9 Å². The van der Waals surface area contributed by atoms with Gasteiger partial charge in [0.05, 0.1) is 13.2 Å². The van der Waals surface area contributed by atoms with Crippen molar-refractivity contribution in [2.45, 2.75) is 25.0 Å². The summed E-state index contributed by atoms with van der Waals surface area (Å²) < 4.78 is 11.6. The molecule has 2 saturated heterocycles. The minimum absolute atomic E-state index is 0.103. The molecule has 2 aliphatic heterocycles. The van der Waals surface area contributed by atoms with Crippen LogP contribution in [0.3, 0.4) is 0 Å². The third-order valence-electron chi connectivity index (χ3n) is 5.37. The quantitative estimate of drug-likeness (QED) is 0.774. The van der Waals surface area contributed by atoms with Crippen LogP contribution in [0.5, 0.6) is 0 Å². The average Bonchev–Trinajstić information content (AvgIpc) is 3.20. The molecule has 28 heavy (non-hydrogen) atoms. The molecule has 0 unspecified atom stereocenters. The lowest BCUT2D eigenvalue weighted by Gasteiger charge is -2.38. The largest absolute Gasteiger partial charge is 0.356 e. The number of rotatable bonds is 5. The summed E-state index contributed by atoms with van der Waals surface area (Å²) in [7, 11) is 1.80. The third-order valence-corrected chi connectivity index (χ3v) is 5.37. The predicted molar refractivity (Wildman–Crippen MR) is 103 cm³/mol. The molecule has 0 aromatic carbocycles. The van der Waals surface area contributed by atoms with Gasteiger partial charge < -0.3 is 19.3 Å². The molecule has 2 aromatic rings. The Labute approximate surface area is 164 Å². The second-order valence-corrected chi connectivity index (χ2v) is 7.19. The second kappa shape index (κ2) is 8.20. The van der Waals surface area contributed by atoms with E-state index in [0.717, 1.165) is 43.7 Å². The van der Waals surface area contributed by atoms with Gasteiger partial charge in [-0.1, -0.05) is 0 Å². The zero-order valence-corrected chi connectivity index (χ0v) is 16.1. The van der Waals surface area contributed by atoms with Gasteiger partial charge in [-0.05, 0) is 24.1 Å². The van der Waals surface area contributed by atoms with E-state index in [1.165, 1.54) is 6.33 Å². The number of pyridine rings is 1. The number of hydrogen-bond donors (Lipinski definition) is 0. The minimum atomic E-state index is -0.421. The van der Waals surface area contributed by atoms with Gasteiger partial charge >= 0.3 is 0 Å². The summed E-state index contributed by atoms with van der Waals surface area (Å²) in [5, 5.41) is 0. The molecule has 0 bridgehead atoms. The molecule has 1 amide bonds. The molecule has 8 heteroatoms. The molecular weight excluding hydrogens is 358 g/mol. The van der Waals surface area contributed by atoms with Crippen molar-refractivity contribution in [3.05, 3.63) is 48.2 Å². The van der Waals surface area contributed by atoms with E-state index >= 15 is 0 Å². The van der Waals surface area contributed by atoms with Crippen LogP contribution in [-0.4, -0.2) is 71.4 Å². The van der Waals surface area contributed by atoms with Gasteiger partial charge in [0.1, 0.15) is 17.8 Å². The topological polar surface area (TPSA) is 80.7 Å². The van der Waals surface area contributed by atoms with Gasteiger partial charge in [0.15, 0.2) is 5.79 Å². The van der Waals surface area contributed by atoms with E-state index in [0.29, 0.717) is 25.5 Å². The first-order chi connectivity index (χ1) is 13.7. The number of ether oxygens (including phenoxy) is 2. The summed E-state index contributed by atoms with van der Waals surface area (Å²) in [4.78, 5) is 29.2. The molecule has 0 aliphatic carbocycles. The Morgan fingerprint density at radius 3 is 2.61 bits per heavy atom. The molecule has 0 N–H and O–H groups in total. The van der Waals surface area contributed by atoms with E-state index in [4.69, 9.17) is 9.47 Å². The first-order valence-corrected chi connectivity index (χ1v) is 9.64. The molecule has 4 heterocycles. The number of nitrogens with zero attached hydrogens (tertiary/aromatic N) is 5. The summed E-state index contributed by atoms with van der Waals surface area (Å²) in [6, 6.07) is 5.70. The maximum absolute atomic E-state index is 12.8. The van der Waals surface area contributed by atoms with Gasteiger partial charge in [-0.25, -0.2) is 9.97 Å². The van der Waals surface area contributed by atoms with Gasteiger partial charge in [0.25, 0.3) is 5.91 Å². The molecule has 1 spiro atoms. The molecule has 8 nitrogen and oxygen atoms in total. The van der Waals surface area contributed by atoms with Crippen LogP contribution in [-0.2, 0) is 15.9 Å². The first kappa shape index (κ1) is 18.8. The lowest BCUT2D eigenvalue weighted by atomic mass is 10.0. The lowest BCUT2D eigenvalue weighted by Crippen LogP contribution is -2.45. The summed E-state index contributed by atoms with van der Waals surface area (Å²) in [5.41, 5.74) is 1.56. The standard InChI is InChI=1S/C20H25N5O3/c1-24(9-4-16-2-7-21-8-3-16)19(26)17-14-18(23-15-22-17)25-10-5-20(6-11-25)27-12-13-28-20/h2-3,7-8,14-15H,4-6,9-13H2,1H3. The van der Waals surface area contributed by atoms with Crippen molar-refractivity contribution in [2.75, 3.05) is 44.8 Å². The Balaban J connectivity index is 1.37. The normalized spacial score (nSPS) is 18.4. The van der Waals surface area contributed by atoms with E-state index in [-0.39, 0.29) is 5.91 Å². The maximum Gasteiger partial charge on any atom is 0.272 e. The fraction of sp³-hybridized carbons (Fsp3) is 0.500. The van der Waals surface area contributed by atoms with E-state index < -0.39 is 5.79 Å². The number of aromatic nitrogens is 3. The molecular formula is C20H25N5O3. The van der Waals surface area contributed by atoms with Crippen molar-refractivity contribution >= 4 is 11.7 Å². The number of carbonyl (C=O) groups is 1. The predicted octanol–water partition coefficient (Wildman–Crippen LogP) is 1.53. The maximum atomic E-state index is 12.8. The molecule has 148 valence electrons. The highest BCUT2D eigenvalue weighted by Gasteiger charge is 2.40. The Morgan fingerprint density at radius 2 is 1.89 bits per heavy atom. The van der Waals surface area contributed by atoms with Crippen molar-refractivity contribution in [2.24, 2.45) is 0 Å². The Kier molecular flexibility index (Phi) is 5.50. The van der Waals surface area contributed by atoms with Crippen LogP contribution in [0.1, 0.15) is 28.9 Å². The van der Waals surface area contributed by atoms with Gasteiger partial charge in [0.2, 0.25) is 0 Å². The van der Waals surface area contributed by atoms with E-state index in [9.17, 15) is 4.79 Å². The van der Waals surface area contributed by atoms with Crippen LogP contribution in [0.2, 0.25) is 0 Å². The molecule has 0 saturated carbocycles. The number of amides is 1. The highest BCUT2D eigenvalue weighted by molar-refractivity contribution is 5.92. The Hall–Kier alpha value is -2.58. The van der Waals surface area contributed by atoms with Crippen molar-refractivity contribution < 1.29 is 14.3 Å². The highest BCUT2D eigenvalue weighted by atomic mass is 16.7. The molecule has 2 aromatic heterocycles.